The SMILES string of the molecule is c1ccc(-c2ccc(-c3ccc(N(c4ccccc4-c4ccccc4)c4cccc5oc6c7ccccc7c(-c7ccccc7)cc6c45)cc3)cc2)cc1. The average Bonchev–Trinajstić information content (AvgIpc) is 3.65. The van der Waals surface area contributed by atoms with Crippen LogP contribution in [0.25, 0.3) is 77.2 Å². The number of benzene rings is 9. The summed E-state index contributed by atoms with van der Waals surface area (Å²) in [6, 6.07) is 75.7. The first-order chi connectivity index (χ1) is 26.8. The number of furan rings is 1. The zero-order valence-corrected chi connectivity index (χ0v) is 29.6. The van der Waals surface area contributed by atoms with Crippen molar-refractivity contribution in [2.24, 2.45) is 0 Å². The van der Waals surface area contributed by atoms with Crippen molar-refractivity contribution in [3.05, 3.63) is 212 Å². The lowest BCUT2D eigenvalue weighted by molar-refractivity contribution is 0.672. The second kappa shape index (κ2) is 13.4. The van der Waals surface area contributed by atoms with E-state index in [1.54, 1.807) is 0 Å². The normalized spacial score (nSPS) is 11.3. The van der Waals surface area contributed by atoms with Gasteiger partial charge in [-0.15, -0.1) is 0 Å². The highest BCUT2D eigenvalue weighted by Gasteiger charge is 2.23. The van der Waals surface area contributed by atoms with E-state index in [0.717, 1.165) is 55.5 Å². The Bertz CT molecular complexity index is 2890. The topological polar surface area (TPSA) is 16.4 Å². The Labute approximate surface area is 314 Å². The first kappa shape index (κ1) is 31.6. The summed E-state index contributed by atoms with van der Waals surface area (Å²) in [5.74, 6) is 0. The maximum absolute atomic E-state index is 6.83. The average molecular weight is 690 g/mol. The van der Waals surface area contributed by atoms with Gasteiger partial charge in [0.1, 0.15) is 11.2 Å². The lowest BCUT2D eigenvalue weighted by Crippen LogP contribution is -2.11. The first-order valence-electron chi connectivity index (χ1n) is 18.4. The smallest absolute Gasteiger partial charge is 0.143 e. The molecule has 0 fully saturated rings. The molecule has 0 unspecified atom stereocenters. The van der Waals surface area contributed by atoms with Gasteiger partial charge in [-0.1, -0.05) is 176 Å². The molecule has 0 aliphatic rings. The van der Waals surface area contributed by atoms with Crippen molar-refractivity contribution in [1.29, 1.82) is 0 Å². The van der Waals surface area contributed by atoms with Gasteiger partial charge in [0, 0.05) is 22.0 Å². The molecule has 10 rings (SSSR count). The highest BCUT2D eigenvalue weighted by Crippen LogP contribution is 2.48. The lowest BCUT2D eigenvalue weighted by atomic mass is 9.95. The zero-order chi connectivity index (χ0) is 35.8. The summed E-state index contributed by atoms with van der Waals surface area (Å²) in [6.45, 7) is 0. The summed E-state index contributed by atoms with van der Waals surface area (Å²) in [6.07, 6.45) is 0. The van der Waals surface area contributed by atoms with E-state index < -0.39 is 0 Å². The van der Waals surface area contributed by atoms with Gasteiger partial charge in [-0.25, -0.2) is 0 Å². The van der Waals surface area contributed by atoms with Gasteiger partial charge in [-0.05, 0) is 80.7 Å². The molecule has 10 aromatic rings. The largest absolute Gasteiger partial charge is 0.455 e. The molecule has 0 bridgehead atoms. The van der Waals surface area contributed by atoms with Crippen LogP contribution in [-0.4, -0.2) is 0 Å². The fraction of sp³-hybridized carbons (Fsp3) is 0. The Kier molecular flexibility index (Phi) is 7.85. The van der Waals surface area contributed by atoms with E-state index in [2.05, 4.69) is 217 Å². The van der Waals surface area contributed by atoms with Gasteiger partial charge < -0.3 is 9.32 Å². The molecule has 2 nitrogen and oxygen atoms in total. The third-order valence-corrected chi connectivity index (χ3v) is 10.5. The number of hydrogen-bond donors (Lipinski definition) is 0. The second-order valence-corrected chi connectivity index (χ2v) is 13.7. The van der Waals surface area contributed by atoms with Crippen LogP contribution in [0.15, 0.2) is 217 Å². The van der Waals surface area contributed by atoms with Gasteiger partial charge in [-0.3, -0.25) is 0 Å². The van der Waals surface area contributed by atoms with Crippen molar-refractivity contribution < 1.29 is 4.42 Å². The van der Waals surface area contributed by atoms with E-state index in [1.807, 2.05) is 0 Å². The molecule has 9 aromatic carbocycles. The van der Waals surface area contributed by atoms with Gasteiger partial charge in [-0.2, -0.15) is 0 Å². The van der Waals surface area contributed by atoms with Crippen LogP contribution >= 0.6 is 0 Å². The standard InChI is InChI=1S/C52H35NO/c1-4-15-36(16-5-1)37-27-29-38(30-28-37)39-31-33-42(34-32-39)53(48-24-13-12-21-43(48)40-17-6-2-7-18-40)49-25-14-26-50-51(49)47-35-46(41-19-8-3-9-20-41)44-22-10-11-23-45(44)52(47)54-50/h1-35H. The van der Waals surface area contributed by atoms with Crippen molar-refractivity contribution >= 4 is 49.8 Å². The summed E-state index contributed by atoms with van der Waals surface area (Å²) in [5, 5.41) is 4.46. The second-order valence-electron chi connectivity index (χ2n) is 13.7. The van der Waals surface area contributed by atoms with Crippen LogP contribution < -0.4 is 4.90 Å². The molecule has 1 aromatic heterocycles. The predicted molar refractivity (Wildman–Crippen MR) is 228 cm³/mol. The lowest BCUT2D eigenvalue weighted by Gasteiger charge is -2.28. The minimum atomic E-state index is 0.857. The van der Waals surface area contributed by atoms with Crippen LogP contribution in [0.4, 0.5) is 17.1 Å². The third-order valence-electron chi connectivity index (χ3n) is 10.5. The van der Waals surface area contributed by atoms with Crippen LogP contribution in [0, 0.1) is 0 Å². The molecule has 0 aliphatic heterocycles. The fourth-order valence-corrected chi connectivity index (χ4v) is 7.90. The molecule has 54 heavy (non-hydrogen) atoms. The van der Waals surface area contributed by atoms with Crippen LogP contribution in [0.2, 0.25) is 0 Å². The van der Waals surface area contributed by atoms with Crippen molar-refractivity contribution in [1.82, 2.24) is 0 Å². The Balaban J connectivity index is 1.18. The number of anilines is 3. The third kappa shape index (κ3) is 5.53. The van der Waals surface area contributed by atoms with Gasteiger partial charge >= 0.3 is 0 Å². The molecular formula is C52H35NO. The summed E-state index contributed by atoms with van der Waals surface area (Å²) in [4.78, 5) is 2.40. The van der Waals surface area contributed by atoms with Gasteiger partial charge in [0.05, 0.1) is 16.8 Å². The minimum absolute atomic E-state index is 0.857. The van der Waals surface area contributed by atoms with Crippen molar-refractivity contribution in [3.8, 4) is 44.5 Å². The predicted octanol–water partition coefficient (Wildman–Crippen LogP) is 14.9. The van der Waals surface area contributed by atoms with E-state index in [1.165, 1.54) is 38.8 Å². The number of para-hydroxylation sites is 1. The zero-order valence-electron chi connectivity index (χ0n) is 29.6. The van der Waals surface area contributed by atoms with E-state index in [4.69, 9.17) is 4.42 Å². The number of hydrogen-bond acceptors (Lipinski definition) is 2. The molecule has 2 heteroatoms. The Hall–Kier alpha value is -7.16. The van der Waals surface area contributed by atoms with Crippen molar-refractivity contribution in [2.75, 3.05) is 4.90 Å². The molecule has 0 radical (unpaired) electrons. The van der Waals surface area contributed by atoms with Crippen LogP contribution in [-0.2, 0) is 0 Å². The Morgan fingerprint density at radius 2 is 0.796 bits per heavy atom. The van der Waals surface area contributed by atoms with Crippen molar-refractivity contribution in [3.63, 3.8) is 0 Å². The molecular weight excluding hydrogens is 655 g/mol. The maximum atomic E-state index is 6.83. The van der Waals surface area contributed by atoms with E-state index in [-0.39, 0.29) is 0 Å². The molecule has 254 valence electrons. The highest BCUT2D eigenvalue weighted by atomic mass is 16.3. The summed E-state index contributed by atoms with van der Waals surface area (Å²) in [5.41, 5.74) is 14.4. The highest BCUT2D eigenvalue weighted by molar-refractivity contribution is 6.22. The van der Waals surface area contributed by atoms with Crippen LogP contribution in [0.5, 0.6) is 0 Å². The first-order valence-corrected chi connectivity index (χ1v) is 18.4. The molecule has 1 heterocycles. The Morgan fingerprint density at radius 3 is 1.44 bits per heavy atom. The number of fused-ring (bicyclic) bond motifs is 5. The summed E-state index contributed by atoms with van der Waals surface area (Å²) < 4.78 is 6.83. The maximum Gasteiger partial charge on any atom is 0.143 e. The van der Waals surface area contributed by atoms with E-state index in [9.17, 15) is 0 Å². The summed E-state index contributed by atoms with van der Waals surface area (Å²) >= 11 is 0. The molecule has 0 spiro atoms. The van der Waals surface area contributed by atoms with Crippen LogP contribution in [0.3, 0.4) is 0 Å². The Morgan fingerprint density at radius 1 is 0.315 bits per heavy atom. The van der Waals surface area contributed by atoms with Crippen LogP contribution in [0.1, 0.15) is 0 Å². The number of nitrogens with zero attached hydrogens (tertiary/aromatic N) is 1. The van der Waals surface area contributed by atoms with E-state index >= 15 is 0 Å². The van der Waals surface area contributed by atoms with E-state index in [0.29, 0.717) is 0 Å². The van der Waals surface area contributed by atoms with Gasteiger partial charge in [0.15, 0.2) is 0 Å². The molecule has 0 saturated carbocycles. The monoisotopic (exact) mass is 689 g/mol. The minimum Gasteiger partial charge on any atom is -0.455 e. The van der Waals surface area contributed by atoms with Gasteiger partial charge in [0.25, 0.3) is 0 Å². The quantitative estimate of drug-likeness (QED) is 0.166. The van der Waals surface area contributed by atoms with Gasteiger partial charge in [0.2, 0.25) is 0 Å². The molecule has 0 N–H and O–H groups in total. The summed E-state index contributed by atoms with van der Waals surface area (Å²) in [7, 11) is 0. The van der Waals surface area contributed by atoms with Crippen molar-refractivity contribution in [2.45, 2.75) is 0 Å². The fourth-order valence-electron chi connectivity index (χ4n) is 7.90. The molecule has 0 amide bonds. The number of rotatable bonds is 7. The molecule has 0 saturated heterocycles. The molecule has 0 aliphatic carbocycles. The molecule has 0 atom stereocenters.